The predicted octanol–water partition coefficient (Wildman–Crippen LogP) is 2.14. The topological polar surface area (TPSA) is 105 Å². The lowest BCUT2D eigenvalue weighted by Crippen LogP contribution is -2.42. The molecule has 9 heteroatoms. The maximum absolute atomic E-state index is 13.2. The monoisotopic (exact) mass is 449 g/mol. The molecule has 1 amide bonds. The third-order valence-electron chi connectivity index (χ3n) is 5.29. The van der Waals surface area contributed by atoms with Gasteiger partial charge in [0.25, 0.3) is 5.56 Å². The van der Waals surface area contributed by atoms with Gasteiger partial charge in [-0.3, -0.25) is 18.7 Å². The minimum Gasteiger partial charge on any atom is -0.493 e. The standard InChI is InChI=1S/C24H23N3O6/c1-31-20-11-5-7-16(22(20)32-2)13-25-21(28)15-26-19-10-4-3-9-18(19)23(29)27(24(26)30)14-17-8-6-12-33-17/h3-12H,13-15H2,1-2H3,(H,25,28). The predicted molar refractivity (Wildman–Crippen MR) is 122 cm³/mol. The Morgan fingerprint density at radius 2 is 1.79 bits per heavy atom. The number of amides is 1. The van der Waals surface area contributed by atoms with Gasteiger partial charge in [-0.15, -0.1) is 0 Å². The maximum Gasteiger partial charge on any atom is 0.332 e. The molecule has 1 N–H and O–H groups in total. The van der Waals surface area contributed by atoms with Crippen LogP contribution in [0, 0.1) is 0 Å². The number of aromatic nitrogens is 2. The largest absolute Gasteiger partial charge is 0.493 e. The molecule has 0 fully saturated rings. The fourth-order valence-corrected chi connectivity index (χ4v) is 3.71. The molecular formula is C24H23N3O6. The number of carbonyl (C=O) groups is 1. The number of ether oxygens (including phenoxy) is 2. The van der Waals surface area contributed by atoms with Gasteiger partial charge in [0.1, 0.15) is 12.3 Å². The Morgan fingerprint density at radius 1 is 0.970 bits per heavy atom. The van der Waals surface area contributed by atoms with E-state index in [9.17, 15) is 14.4 Å². The summed E-state index contributed by atoms with van der Waals surface area (Å²) in [5.74, 6) is 1.15. The first kappa shape index (κ1) is 21.9. The fourth-order valence-electron chi connectivity index (χ4n) is 3.71. The molecule has 2 aromatic carbocycles. The van der Waals surface area contributed by atoms with Gasteiger partial charge in [0.15, 0.2) is 11.5 Å². The van der Waals surface area contributed by atoms with Gasteiger partial charge in [0, 0.05) is 12.1 Å². The number of furan rings is 1. The van der Waals surface area contributed by atoms with Crippen molar-refractivity contribution < 1.29 is 18.7 Å². The van der Waals surface area contributed by atoms with Crippen molar-refractivity contribution in [3.8, 4) is 11.5 Å². The zero-order chi connectivity index (χ0) is 23.4. The number of fused-ring (bicyclic) bond motifs is 1. The van der Waals surface area contributed by atoms with E-state index in [2.05, 4.69) is 5.32 Å². The van der Waals surface area contributed by atoms with E-state index < -0.39 is 17.2 Å². The zero-order valence-corrected chi connectivity index (χ0v) is 18.2. The molecule has 0 spiro atoms. The van der Waals surface area contributed by atoms with Crippen molar-refractivity contribution in [1.29, 1.82) is 0 Å². The summed E-state index contributed by atoms with van der Waals surface area (Å²) in [6.45, 7) is -0.111. The lowest BCUT2D eigenvalue weighted by molar-refractivity contribution is -0.121. The van der Waals surface area contributed by atoms with Gasteiger partial charge < -0.3 is 19.2 Å². The number of para-hydroxylation sites is 2. The second kappa shape index (κ2) is 9.47. The van der Waals surface area contributed by atoms with Crippen molar-refractivity contribution in [3.05, 3.63) is 93.0 Å². The SMILES string of the molecule is COc1cccc(CNC(=O)Cn2c(=O)n(Cc3ccco3)c(=O)c3ccccc32)c1OC. The molecule has 0 aliphatic heterocycles. The van der Waals surface area contributed by atoms with E-state index in [0.717, 1.165) is 10.1 Å². The molecule has 2 heterocycles. The summed E-state index contributed by atoms with van der Waals surface area (Å²) in [6.07, 6.45) is 1.47. The normalized spacial score (nSPS) is 10.8. The van der Waals surface area contributed by atoms with Crippen LogP contribution in [0.3, 0.4) is 0 Å². The van der Waals surface area contributed by atoms with Crippen LogP contribution in [0.2, 0.25) is 0 Å². The van der Waals surface area contributed by atoms with Crippen molar-refractivity contribution in [1.82, 2.24) is 14.5 Å². The van der Waals surface area contributed by atoms with Gasteiger partial charge in [0.05, 0.1) is 37.9 Å². The van der Waals surface area contributed by atoms with Crippen LogP contribution in [0.25, 0.3) is 10.9 Å². The molecule has 4 aromatic rings. The first-order valence-corrected chi connectivity index (χ1v) is 10.2. The van der Waals surface area contributed by atoms with Crippen molar-refractivity contribution in [2.45, 2.75) is 19.6 Å². The molecule has 9 nitrogen and oxygen atoms in total. The Kier molecular flexibility index (Phi) is 6.30. The van der Waals surface area contributed by atoms with E-state index >= 15 is 0 Å². The zero-order valence-electron chi connectivity index (χ0n) is 18.2. The lowest BCUT2D eigenvalue weighted by atomic mass is 10.2. The molecule has 0 aliphatic rings. The minimum atomic E-state index is -0.593. The molecule has 0 aliphatic carbocycles. The number of methoxy groups -OCH3 is 2. The average Bonchev–Trinajstić information content (AvgIpc) is 3.36. The molecule has 0 bridgehead atoms. The van der Waals surface area contributed by atoms with Crippen molar-refractivity contribution in [3.63, 3.8) is 0 Å². The molecule has 0 unspecified atom stereocenters. The van der Waals surface area contributed by atoms with Crippen LogP contribution in [-0.4, -0.2) is 29.3 Å². The Bertz CT molecular complexity index is 1400. The summed E-state index contributed by atoms with van der Waals surface area (Å²) in [6, 6.07) is 15.4. The van der Waals surface area contributed by atoms with Crippen LogP contribution < -0.4 is 26.0 Å². The lowest BCUT2D eigenvalue weighted by Gasteiger charge is -2.15. The van der Waals surface area contributed by atoms with Crippen LogP contribution in [0.5, 0.6) is 11.5 Å². The maximum atomic E-state index is 13.2. The smallest absolute Gasteiger partial charge is 0.332 e. The van der Waals surface area contributed by atoms with Crippen LogP contribution in [0.15, 0.2) is 74.9 Å². The highest BCUT2D eigenvalue weighted by Crippen LogP contribution is 2.30. The average molecular weight is 449 g/mol. The Balaban J connectivity index is 1.64. The molecule has 33 heavy (non-hydrogen) atoms. The first-order valence-electron chi connectivity index (χ1n) is 10.2. The van der Waals surface area contributed by atoms with Gasteiger partial charge in [-0.25, -0.2) is 4.79 Å². The van der Waals surface area contributed by atoms with Crippen molar-refractivity contribution in [2.24, 2.45) is 0 Å². The van der Waals surface area contributed by atoms with Gasteiger partial charge in [-0.1, -0.05) is 24.3 Å². The molecule has 0 radical (unpaired) electrons. The van der Waals surface area contributed by atoms with E-state index in [1.807, 2.05) is 6.07 Å². The summed E-state index contributed by atoms with van der Waals surface area (Å²) < 4.78 is 18.3. The van der Waals surface area contributed by atoms with E-state index in [0.29, 0.717) is 28.2 Å². The Hall–Kier alpha value is -4.27. The summed E-state index contributed by atoms with van der Waals surface area (Å²) in [7, 11) is 3.06. The molecule has 0 atom stereocenters. The van der Waals surface area contributed by atoms with Gasteiger partial charge >= 0.3 is 5.69 Å². The van der Waals surface area contributed by atoms with Crippen LogP contribution in [0.4, 0.5) is 0 Å². The van der Waals surface area contributed by atoms with E-state index in [4.69, 9.17) is 13.9 Å². The molecular weight excluding hydrogens is 426 g/mol. The third kappa shape index (κ3) is 4.38. The van der Waals surface area contributed by atoms with Crippen LogP contribution in [-0.2, 0) is 24.4 Å². The number of rotatable bonds is 8. The summed E-state index contributed by atoms with van der Waals surface area (Å²) in [5.41, 5.74) is 0.0801. The minimum absolute atomic E-state index is 0.0296. The van der Waals surface area contributed by atoms with Gasteiger partial charge in [-0.2, -0.15) is 0 Å². The van der Waals surface area contributed by atoms with E-state index in [1.165, 1.54) is 25.0 Å². The number of hydrogen-bond acceptors (Lipinski definition) is 6. The molecule has 4 rings (SSSR count). The second-order valence-corrected chi connectivity index (χ2v) is 7.29. The number of benzene rings is 2. The Morgan fingerprint density at radius 3 is 2.52 bits per heavy atom. The van der Waals surface area contributed by atoms with E-state index in [1.54, 1.807) is 48.5 Å². The number of nitrogens with one attached hydrogen (secondary N) is 1. The quantitative estimate of drug-likeness (QED) is 0.442. The highest BCUT2D eigenvalue weighted by Gasteiger charge is 2.17. The summed E-state index contributed by atoms with van der Waals surface area (Å²) in [4.78, 5) is 38.9. The molecule has 170 valence electrons. The first-order chi connectivity index (χ1) is 16.0. The van der Waals surface area contributed by atoms with Crippen molar-refractivity contribution in [2.75, 3.05) is 14.2 Å². The highest BCUT2D eigenvalue weighted by molar-refractivity contribution is 5.81. The fraction of sp³-hybridized carbons (Fsp3) is 0.208. The number of carbonyl (C=O) groups excluding carboxylic acids is 1. The molecule has 0 saturated carbocycles. The number of hydrogen-bond donors (Lipinski definition) is 1. The summed E-state index contributed by atoms with van der Waals surface area (Å²) in [5, 5.41) is 3.14. The highest BCUT2D eigenvalue weighted by atomic mass is 16.5. The van der Waals surface area contributed by atoms with Crippen LogP contribution >= 0.6 is 0 Å². The Labute approximate surface area is 188 Å². The van der Waals surface area contributed by atoms with Gasteiger partial charge in [-0.05, 0) is 30.3 Å². The van der Waals surface area contributed by atoms with Gasteiger partial charge in [0.2, 0.25) is 5.91 Å². The summed E-state index contributed by atoms with van der Waals surface area (Å²) >= 11 is 0. The molecule has 0 saturated heterocycles. The molecule has 2 aromatic heterocycles. The second-order valence-electron chi connectivity index (χ2n) is 7.29. The van der Waals surface area contributed by atoms with E-state index in [-0.39, 0.29) is 19.6 Å². The number of nitrogens with zero attached hydrogens (tertiary/aromatic N) is 2. The third-order valence-corrected chi connectivity index (χ3v) is 5.29. The van der Waals surface area contributed by atoms with Crippen LogP contribution in [0.1, 0.15) is 11.3 Å². The van der Waals surface area contributed by atoms with Crippen molar-refractivity contribution >= 4 is 16.8 Å².